The van der Waals surface area contributed by atoms with Crippen LogP contribution in [-0.2, 0) is 19.3 Å². The van der Waals surface area contributed by atoms with Crippen LogP contribution in [0.25, 0.3) is 0 Å². The van der Waals surface area contributed by atoms with Crippen molar-refractivity contribution in [1.82, 2.24) is 0 Å². The third-order valence-corrected chi connectivity index (χ3v) is 3.14. The van der Waals surface area contributed by atoms with E-state index in [0.717, 1.165) is 12.8 Å². The lowest BCUT2D eigenvalue weighted by Crippen LogP contribution is -2.36. The predicted octanol–water partition coefficient (Wildman–Crippen LogP) is 3.49. The molecule has 0 rings (SSSR count). The van der Waals surface area contributed by atoms with Crippen molar-refractivity contribution in [3.63, 3.8) is 0 Å². The number of carbonyl (C=O) groups excluding carboxylic acids is 1. The highest BCUT2D eigenvalue weighted by molar-refractivity contribution is 5.74. The Morgan fingerprint density at radius 1 is 1.22 bits per heavy atom. The summed E-state index contributed by atoms with van der Waals surface area (Å²) >= 11 is 0. The summed E-state index contributed by atoms with van der Waals surface area (Å²) in [7, 11) is 0. The molecular formula is C14H28O4. The molecule has 0 saturated carbocycles. The molecule has 0 aliphatic heterocycles. The Bertz CT molecular complexity index is 236. The molecule has 0 aromatic rings. The summed E-state index contributed by atoms with van der Waals surface area (Å²) in [5.74, 6) is -0.0444. The standard InChI is InChI=1S/C14H28O4/c1-7-9-10-12(13(15)16-8-2)17-18-14(5,6)11(3)4/h11-12H,7-10H2,1-6H3. The first-order valence-electron chi connectivity index (χ1n) is 6.86. The second-order valence-corrected chi connectivity index (χ2v) is 5.32. The Hall–Kier alpha value is -0.610. The molecule has 0 spiro atoms. The third kappa shape index (κ3) is 6.36. The zero-order valence-electron chi connectivity index (χ0n) is 12.6. The van der Waals surface area contributed by atoms with Gasteiger partial charge in [-0.05, 0) is 33.1 Å². The minimum Gasteiger partial charge on any atom is -0.464 e. The van der Waals surface area contributed by atoms with Gasteiger partial charge in [0.2, 0.25) is 0 Å². The van der Waals surface area contributed by atoms with Crippen LogP contribution in [0, 0.1) is 5.92 Å². The lowest BCUT2D eigenvalue weighted by Gasteiger charge is -2.29. The number of unbranched alkanes of at least 4 members (excludes halogenated alkanes) is 1. The monoisotopic (exact) mass is 260 g/mol. The molecule has 0 aromatic heterocycles. The van der Waals surface area contributed by atoms with Crippen molar-refractivity contribution >= 4 is 5.97 Å². The summed E-state index contributed by atoms with van der Waals surface area (Å²) in [6.07, 6.45) is 1.92. The normalized spacial score (nSPS) is 13.7. The van der Waals surface area contributed by atoms with E-state index < -0.39 is 11.7 Å². The number of hydrogen-bond acceptors (Lipinski definition) is 4. The topological polar surface area (TPSA) is 44.8 Å². The molecule has 0 radical (unpaired) electrons. The summed E-state index contributed by atoms with van der Waals surface area (Å²) in [5.41, 5.74) is -0.420. The van der Waals surface area contributed by atoms with Crippen LogP contribution in [0.4, 0.5) is 0 Å². The Balaban J connectivity index is 4.36. The Kier molecular flexibility index (Phi) is 8.20. The van der Waals surface area contributed by atoms with Crippen LogP contribution < -0.4 is 0 Å². The van der Waals surface area contributed by atoms with Crippen molar-refractivity contribution in [2.45, 2.75) is 72.5 Å². The summed E-state index contributed by atoms with van der Waals surface area (Å²) in [6, 6.07) is 0. The molecule has 4 heteroatoms. The van der Waals surface area contributed by atoms with Crippen LogP contribution in [0.1, 0.15) is 60.8 Å². The van der Waals surface area contributed by atoms with Gasteiger partial charge < -0.3 is 4.74 Å². The van der Waals surface area contributed by atoms with E-state index >= 15 is 0 Å². The number of carbonyl (C=O) groups is 1. The summed E-state index contributed by atoms with van der Waals surface area (Å²) in [5, 5.41) is 0. The number of ether oxygens (including phenoxy) is 1. The summed E-state index contributed by atoms with van der Waals surface area (Å²) in [4.78, 5) is 22.4. The van der Waals surface area contributed by atoms with Crippen LogP contribution in [0.3, 0.4) is 0 Å². The van der Waals surface area contributed by atoms with E-state index in [4.69, 9.17) is 14.5 Å². The quantitative estimate of drug-likeness (QED) is 0.361. The van der Waals surface area contributed by atoms with E-state index in [0.29, 0.717) is 18.9 Å². The molecular weight excluding hydrogens is 232 g/mol. The van der Waals surface area contributed by atoms with Crippen LogP contribution in [0.15, 0.2) is 0 Å². The number of hydrogen-bond donors (Lipinski definition) is 0. The molecule has 0 N–H and O–H groups in total. The minimum atomic E-state index is -0.622. The highest BCUT2D eigenvalue weighted by Crippen LogP contribution is 2.22. The van der Waals surface area contributed by atoms with Gasteiger partial charge in [-0.15, -0.1) is 0 Å². The summed E-state index contributed by atoms with van der Waals surface area (Å²) in [6.45, 7) is 12.2. The Morgan fingerprint density at radius 3 is 2.28 bits per heavy atom. The van der Waals surface area contributed by atoms with Crippen molar-refractivity contribution in [3.05, 3.63) is 0 Å². The molecule has 108 valence electrons. The average Bonchev–Trinajstić information content (AvgIpc) is 2.29. The van der Waals surface area contributed by atoms with Gasteiger partial charge in [0.25, 0.3) is 0 Å². The smallest absolute Gasteiger partial charge is 0.338 e. The fourth-order valence-electron chi connectivity index (χ4n) is 1.11. The fraction of sp³-hybridized carbons (Fsp3) is 0.929. The van der Waals surface area contributed by atoms with E-state index in [9.17, 15) is 4.79 Å². The molecule has 0 fully saturated rings. The molecule has 0 heterocycles. The zero-order valence-corrected chi connectivity index (χ0v) is 12.6. The first-order valence-corrected chi connectivity index (χ1v) is 6.86. The lowest BCUT2D eigenvalue weighted by atomic mass is 9.95. The molecule has 0 saturated heterocycles. The maximum absolute atomic E-state index is 11.7. The van der Waals surface area contributed by atoms with Crippen LogP contribution in [-0.4, -0.2) is 24.3 Å². The van der Waals surface area contributed by atoms with Crippen LogP contribution in [0.2, 0.25) is 0 Å². The predicted molar refractivity (Wildman–Crippen MR) is 71.0 cm³/mol. The van der Waals surface area contributed by atoms with Gasteiger partial charge in [0, 0.05) is 0 Å². The molecule has 1 atom stereocenters. The molecule has 1 unspecified atom stereocenters. The third-order valence-electron chi connectivity index (χ3n) is 3.14. The van der Waals surface area contributed by atoms with Crippen molar-refractivity contribution in [2.75, 3.05) is 6.61 Å². The van der Waals surface area contributed by atoms with E-state index in [-0.39, 0.29) is 5.97 Å². The Labute approximate surface area is 111 Å². The van der Waals surface area contributed by atoms with Crippen molar-refractivity contribution in [2.24, 2.45) is 5.92 Å². The first-order chi connectivity index (χ1) is 8.35. The lowest BCUT2D eigenvalue weighted by molar-refractivity contribution is -0.381. The van der Waals surface area contributed by atoms with E-state index in [2.05, 4.69) is 20.8 Å². The second kappa shape index (κ2) is 8.48. The van der Waals surface area contributed by atoms with Gasteiger partial charge in [-0.3, -0.25) is 0 Å². The highest BCUT2D eigenvalue weighted by Gasteiger charge is 2.29. The van der Waals surface area contributed by atoms with Crippen LogP contribution >= 0.6 is 0 Å². The molecule has 0 amide bonds. The van der Waals surface area contributed by atoms with Crippen LogP contribution in [0.5, 0.6) is 0 Å². The fourth-order valence-corrected chi connectivity index (χ4v) is 1.11. The van der Waals surface area contributed by atoms with Gasteiger partial charge in [-0.1, -0.05) is 33.6 Å². The molecule has 18 heavy (non-hydrogen) atoms. The van der Waals surface area contributed by atoms with Gasteiger partial charge in [-0.25, -0.2) is 14.6 Å². The van der Waals surface area contributed by atoms with Crippen molar-refractivity contribution in [3.8, 4) is 0 Å². The van der Waals surface area contributed by atoms with Gasteiger partial charge in [0.15, 0.2) is 6.10 Å². The van der Waals surface area contributed by atoms with Gasteiger partial charge in [0.1, 0.15) is 5.60 Å². The summed E-state index contributed by atoms with van der Waals surface area (Å²) < 4.78 is 4.98. The van der Waals surface area contributed by atoms with Crippen molar-refractivity contribution < 1.29 is 19.3 Å². The highest BCUT2D eigenvalue weighted by atomic mass is 17.2. The zero-order chi connectivity index (χ0) is 14.2. The van der Waals surface area contributed by atoms with E-state index in [1.54, 1.807) is 6.92 Å². The molecule has 4 nitrogen and oxygen atoms in total. The van der Waals surface area contributed by atoms with E-state index in [1.807, 2.05) is 13.8 Å². The molecule has 0 aromatic carbocycles. The van der Waals surface area contributed by atoms with Gasteiger partial charge >= 0.3 is 5.97 Å². The Morgan fingerprint density at radius 2 is 1.83 bits per heavy atom. The largest absolute Gasteiger partial charge is 0.464 e. The molecule has 0 aliphatic rings. The van der Waals surface area contributed by atoms with Gasteiger partial charge in [-0.2, -0.15) is 0 Å². The number of esters is 1. The number of rotatable bonds is 9. The SMILES string of the molecule is CCCCC(OOC(C)(C)C(C)C)C(=O)OCC. The molecule has 0 aliphatic carbocycles. The second-order valence-electron chi connectivity index (χ2n) is 5.32. The van der Waals surface area contributed by atoms with E-state index in [1.165, 1.54) is 0 Å². The maximum atomic E-state index is 11.7. The van der Waals surface area contributed by atoms with Crippen molar-refractivity contribution in [1.29, 1.82) is 0 Å². The maximum Gasteiger partial charge on any atom is 0.338 e. The average molecular weight is 260 g/mol. The first kappa shape index (κ1) is 17.4. The minimum absolute atomic E-state index is 0.298. The molecule has 0 bridgehead atoms. The van der Waals surface area contributed by atoms with Gasteiger partial charge in [0.05, 0.1) is 6.61 Å².